The van der Waals surface area contributed by atoms with Crippen molar-refractivity contribution >= 4 is 17.4 Å². The van der Waals surface area contributed by atoms with Crippen molar-refractivity contribution in [1.82, 2.24) is 20.2 Å². The van der Waals surface area contributed by atoms with Gasteiger partial charge in [0.25, 0.3) is 0 Å². The lowest BCUT2D eigenvalue weighted by atomic mass is 10.1. The van der Waals surface area contributed by atoms with Gasteiger partial charge < -0.3 is 15.2 Å². The highest BCUT2D eigenvalue weighted by Crippen LogP contribution is 2.07. The Kier molecular flexibility index (Phi) is 4.51. The normalized spacial score (nSPS) is 11.4. The number of aliphatic imine (C=N–C) groups is 1. The molecule has 0 radical (unpaired) electrons. The van der Waals surface area contributed by atoms with E-state index in [2.05, 4.69) is 20.4 Å². The van der Waals surface area contributed by atoms with Gasteiger partial charge >= 0.3 is 5.95 Å². The molecular formula is C12H11N6O4-. The zero-order valence-electron chi connectivity index (χ0n) is 11.5. The van der Waals surface area contributed by atoms with Crippen molar-refractivity contribution < 1.29 is 14.8 Å². The van der Waals surface area contributed by atoms with E-state index in [0.29, 0.717) is 11.3 Å². The van der Waals surface area contributed by atoms with E-state index >= 15 is 0 Å². The molecule has 0 N–H and O–H groups in total. The summed E-state index contributed by atoms with van der Waals surface area (Å²) in [6.45, 7) is 1.64. The van der Waals surface area contributed by atoms with Crippen molar-refractivity contribution in [2.75, 3.05) is 6.54 Å². The number of nitrogens with zero attached hydrogens (tertiary/aromatic N) is 6. The van der Waals surface area contributed by atoms with E-state index in [1.54, 1.807) is 6.92 Å². The quantitative estimate of drug-likeness (QED) is 0.316. The fourth-order valence-electron chi connectivity index (χ4n) is 1.57. The molecule has 0 saturated carbocycles. The van der Waals surface area contributed by atoms with Gasteiger partial charge in [-0.05, 0) is 11.8 Å². The first-order valence-electron chi connectivity index (χ1n) is 6.18. The SMILES string of the molecule is CC(Cn1nnc([N+](=O)[O-])n1)=NCC(=O)c1ccc([O-])cc1. The number of carbonyl (C=O) groups is 1. The van der Waals surface area contributed by atoms with E-state index in [9.17, 15) is 20.0 Å². The Morgan fingerprint density at radius 2 is 2.05 bits per heavy atom. The van der Waals surface area contributed by atoms with Gasteiger partial charge in [-0.25, -0.2) is 0 Å². The maximum absolute atomic E-state index is 11.9. The first-order valence-corrected chi connectivity index (χ1v) is 6.18. The van der Waals surface area contributed by atoms with Gasteiger partial charge in [0, 0.05) is 16.5 Å². The van der Waals surface area contributed by atoms with Crippen molar-refractivity contribution in [3.8, 4) is 5.75 Å². The average Bonchev–Trinajstić information content (AvgIpc) is 2.94. The smallest absolute Gasteiger partial charge is 0.514 e. The number of ketones is 1. The molecule has 22 heavy (non-hydrogen) atoms. The number of aromatic nitrogens is 4. The van der Waals surface area contributed by atoms with Gasteiger partial charge in [-0.3, -0.25) is 9.79 Å². The minimum Gasteiger partial charge on any atom is -0.872 e. The summed E-state index contributed by atoms with van der Waals surface area (Å²) >= 11 is 0. The lowest BCUT2D eigenvalue weighted by molar-refractivity contribution is -0.394. The Balaban J connectivity index is 1.95. The van der Waals surface area contributed by atoms with Gasteiger partial charge in [-0.15, -0.1) is 5.75 Å². The number of carbonyl (C=O) groups excluding carboxylic acids is 1. The Morgan fingerprint density at radius 1 is 1.36 bits per heavy atom. The van der Waals surface area contributed by atoms with Gasteiger partial charge in [0.2, 0.25) is 0 Å². The Labute approximate surface area is 124 Å². The molecule has 2 rings (SSSR count). The summed E-state index contributed by atoms with van der Waals surface area (Å²) in [5.41, 5.74) is 0.909. The van der Waals surface area contributed by atoms with Gasteiger partial charge in [0.15, 0.2) is 5.78 Å². The summed E-state index contributed by atoms with van der Waals surface area (Å²) in [5, 5.41) is 31.7. The second kappa shape index (κ2) is 6.52. The zero-order chi connectivity index (χ0) is 16.1. The molecule has 1 heterocycles. The summed E-state index contributed by atoms with van der Waals surface area (Å²) in [6.07, 6.45) is 0. The molecule has 0 unspecified atom stereocenters. The highest BCUT2D eigenvalue weighted by Gasteiger charge is 2.15. The molecule has 0 spiro atoms. The fourth-order valence-corrected chi connectivity index (χ4v) is 1.57. The molecule has 1 aromatic carbocycles. The molecule has 114 valence electrons. The standard InChI is InChI=1S/C12H12N6O4/c1-8(7-17-15-12(14-16-17)18(21)22)13-6-11(20)9-2-4-10(19)5-3-9/h2-5,19H,6-7H2,1H3/p-1. The van der Waals surface area contributed by atoms with Crippen molar-refractivity contribution in [3.05, 3.63) is 39.9 Å². The second-order valence-electron chi connectivity index (χ2n) is 4.38. The first kappa shape index (κ1) is 15.2. The molecule has 10 heteroatoms. The number of nitro groups is 1. The highest BCUT2D eigenvalue weighted by molar-refractivity contribution is 5.99. The van der Waals surface area contributed by atoms with Crippen LogP contribution in [0.2, 0.25) is 0 Å². The van der Waals surface area contributed by atoms with Gasteiger partial charge in [0.1, 0.15) is 13.1 Å². The van der Waals surface area contributed by atoms with E-state index in [0.717, 1.165) is 4.80 Å². The van der Waals surface area contributed by atoms with Crippen molar-refractivity contribution in [2.45, 2.75) is 13.5 Å². The summed E-state index contributed by atoms with van der Waals surface area (Å²) in [4.78, 5) is 26.6. The average molecular weight is 303 g/mol. The molecule has 0 atom stereocenters. The van der Waals surface area contributed by atoms with Crippen LogP contribution in [0.4, 0.5) is 5.95 Å². The number of hydrogen-bond donors (Lipinski definition) is 0. The van der Waals surface area contributed by atoms with Crippen LogP contribution in [0.15, 0.2) is 29.3 Å². The van der Waals surface area contributed by atoms with Crippen LogP contribution in [-0.2, 0) is 6.54 Å². The summed E-state index contributed by atoms with van der Waals surface area (Å²) in [6, 6.07) is 5.50. The lowest BCUT2D eigenvalue weighted by Crippen LogP contribution is -2.13. The van der Waals surface area contributed by atoms with E-state index in [4.69, 9.17) is 0 Å². The molecule has 0 aliphatic rings. The number of benzene rings is 1. The summed E-state index contributed by atoms with van der Waals surface area (Å²) in [7, 11) is 0. The molecule has 0 saturated heterocycles. The maximum Gasteiger partial charge on any atom is 0.514 e. The molecule has 0 bridgehead atoms. The molecule has 0 aliphatic heterocycles. The van der Waals surface area contributed by atoms with Gasteiger partial charge in [0.05, 0.1) is 10.2 Å². The Hall–Kier alpha value is -3.17. The molecule has 0 amide bonds. The minimum absolute atomic E-state index is 0.0909. The van der Waals surface area contributed by atoms with E-state index in [-0.39, 0.29) is 24.6 Å². The Bertz CT molecular complexity index is 721. The Morgan fingerprint density at radius 3 is 2.64 bits per heavy atom. The van der Waals surface area contributed by atoms with Crippen LogP contribution in [-0.4, -0.2) is 43.2 Å². The summed E-state index contributed by atoms with van der Waals surface area (Å²) < 4.78 is 0. The third kappa shape index (κ3) is 3.91. The number of hydrogen-bond acceptors (Lipinski definition) is 8. The molecule has 2 aromatic rings. The van der Waals surface area contributed by atoms with Gasteiger partial charge in [-0.2, -0.15) is 0 Å². The number of rotatable bonds is 6. The first-order chi connectivity index (χ1) is 10.5. The van der Waals surface area contributed by atoms with Crippen LogP contribution in [0, 0.1) is 10.1 Å². The lowest BCUT2D eigenvalue weighted by Gasteiger charge is -2.04. The van der Waals surface area contributed by atoms with E-state index < -0.39 is 10.9 Å². The van der Waals surface area contributed by atoms with Crippen molar-refractivity contribution in [3.63, 3.8) is 0 Å². The van der Waals surface area contributed by atoms with E-state index in [1.165, 1.54) is 24.3 Å². The molecule has 1 aromatic heterocycles. The van der Waals surface area contributed by atoms with Gasteiger partial charge in [-0.1, -0.05) is 29.1 Å². The van der Waals surface area contributed by atoms with Crippen LogP contribution < -0.4 is 5.11 Å². The molecule has 10 nitrogen and oxygen atoms in total. The monoisotopic (exact) mass is 303 g/mol. The third-order valence-electron chi connectivity index (χ3n) is 2.64. The van der Waals surface area contributed by atoms with Crippen molar-refractivity contribution in [1.29, 1.82) is 0 Å². The maximum atomic E-state index is 11.9. The van der Waals surface area contributed by atoms with Crippen LogP contribution in [0.3, 0.4) is 0 Å². The highest BCUT2D eigenvalue weighted by atomic mass is 16.6. The van der Waals surface area contributed by atoms with Crippen LogP contribution >= 0.6 is 0 Å². The molecular weight excluding hydrogens is 292 g/mol. The van der Waals surface area contributed by atoms with Crippen molar-refractivity contribution in [2.24, 2.45) is 4.99 Å². The minimum atomic E-state index is -0.751. The predicted octanol–water partition coefficient (Wildman–Crippen LogP) is -0.00130. The molecule has 0 fully saturated rings. The van der Waals surface area contributed by atoms with E-state index in [1.807, 2.05) is 0 Å². The molecule has 0 aliphatic carbocycles. The van der Waals surface area contributed by atoms with Crippen LogP contribution in [0.1, 0.15) is 17.3 Å². The topological polar surface area (TPSA) is 139 Å². The number of tetrazole rings is 1. The zero-order valence-corrected chi connectivity index (χ0v) is 11.5. The fraction of sp³-hybridized carbons (Fsp3) is 0.250. The van der Waals surface area contributed by atoms with Crippen LogP contribution in [0.5, 0.6) is 5.75 Å². The predicted molar refractivity (Wildman–Crippen MR) is 72.7 cm³/mol. The number of Topliss-reactive ketones (excluding diaryl/α,β-unsaturated/α-hetero) is 1. The largest absolute Gasteiger partial charge is 0.872 e. The third-order valence-corrected chi connectivity index (χ3v) is 2.64. The summed E-state index contributed by atoms with van der Waals surface area (Å²) in [5.74, 6) is -1.01. The second-order valence-corrected chi connectivity index (χ2v) is 4.38. The van der Waals surface area contributed by atoms with Crippen LogP contribution in [0.25, 0.3) is 0 Å².